The summed E-state index contributed by atoms with van der Waals surface area (Å²) in [6, 6.07) is 32.7. The van der Waals surface area contributed by atoms with Gasteiger partial charge in [0.1, 0.15) is 8.07 Å². The number of benzene rings is 4. The van der Waals surface area contributed by atoms with Crippen molar-refractivity contribution in [3.63, 3.8) is 0 Å². The molecule has 3 nitrogen and oxygen atoms in total. The Kier molecular flexibility index (Phi) is 5.78. The molecule has 56 heavy (non-hydrogen) atoms. The molecule has 6 aliphatic rings. The third-order valence-corrected chi connectivity index (χ3v) is 37.2. The highest BCUT2D eigenvalue weighted by Crippen LogP contribution is 2.50. The summed E-state index contributed by atoms with van der Waals surface area (Å²) in [4.78, 5) is 5.56. The maximum absolute atomic E-state index is 5.56. The minimum Gasteiger partial charge on any atom is -0.308 e. The molecule has 0 radical (unpaired) electrons. The Hall–Kier alpha value is -3.50. The van der Waals surface area contributed by atoms with Gasteiger partial charge in [0.25, 0.3) is 0 Å². The third kappa shape index (κ3) is 3.71. The van der Waals surface area contributed by atoms with Crippen LogP contribution in [0.4, 0.5) is 0 Å². The Bertz CT molecular complexity index is 3060. The van der Waals surface area contributed by atoms with Crippen LogP contribution in [-0.4, -0.2) is 46.1 Å². The van der Waals surface area contributed by atoms with Gasteiger partial charge in [0.2, 0.25) is 0 Å². The van der Waals surface area contributed by atoms with Gasteiger partial charge in [-0.25, -0.2) is 0 Å². The number of pyridine rings is 1. The molecule has 0 spiro atoms. The Morgan fingerprint density at radius 3 is 1.45 bits per heavy atom. The maximum atomic E-state index is 5.56. The van der Waals surface area contributed by atoms with Crippen molar-refractivity contribution in [2.24, 2.45) is 0 Å². The molecule has 0 unspecified atom stereocenters. The average molecular weight is 798 g/mol. The molecule has 6 aliphatic heterocycles. The topological polar surface area (TPSA) is 21.7 Å². The molecule has 5 aromatic heterocycles. The molecule has 0 saturated carbocycles. The second-order valence-corrected chi connectivity index (χ2v) is 41.3. The van der Waals surface area contributed by atoms with Crippen molar-refractivity contribution in [3.8, 4) is 0 Å². The van der Waals surface area contributed by atoms with Gasteiger partial charge in [0, 0.05) is 48.4 Å². The SMILES string of the molecule is CC(C)(C)c1cc2c3cc4c(cc3n3c5ccc6c(c5c(c1)c23)[Si]1(C)CC[Si]6(C)CC1)c1cc(C(C)(C)C)cc2c3c5c(ncc3n4c12)[Si]1(C)CC[Si]5(C)CC1. The van der Waals surface area contributed by atoms with Crippen LogP contribution in [-0.2, 0) is 10.8 Å². The molecule has 0 atom stereocenters. The maximum Gasteiger partial charge on any atom is 0.107 e. The van der Waals surface area contributed by atoms with Crippen molar-refractivity contribution in [2.45, 2.75) is 127 Å². The van der Waals surface area contributed by atoms with Gasteiger partial charge in [-0.1, -0.05) is 133 Å². The first-order valence-corrected chi connectivity index (χ1v) is 33.5. The number of rotatable bonds is 0. The number of aromatic nitrogens is 3. The summed E-state index contributed by atoms with van der Waals surface area (Å²) in [7, 11) is -6.18. The average Bonchev–Trinajstić information content (AvgIpc) is 3.87. The van der Waals surface area contributed by atoms with Crippen LogP contribution >= 0.6 is 0 Å². The highest BCUT2D eigenvalue weighted by atomic mass is 28.3. The fourth-order valence-electron chi connectivity index (χ4n) is 13.4. The van der Waals surface area contributed by atoms with E-state index in [1.54, 1.807) is 21.3 Å². The highest BCUT2D eigenvalue weighted by molar-refractivity contribution is 7.09. The molecule has 4 aromatic carbocycles. The Morgan fingerprint density at radius 1 is 0.464 bits per heavy atom. The minimum atomic E-state index is -1.63. The van der Waals surface area contributed by atoms with E-state index < -0.39 is 32.3 Å². The van der Waals surface area contributed by atoms with Crippen molar-refractivity contribution in [3.05, 3.63) is 65.9 Å². The quantitative estimate of drug-likeness (QED) is 0.140. The molecule has 15 rings (SSSR count). The first kappa shape index (κ1) is 33.5. The molecule has 282 valence electrons. The zero-order valence-corrected chi connectivity index (χ0v) is 39.2. The van der Waals surface area contributed by atoms with Crippen molar-refractivity contribution in [1.29, 1.82) is 0 Å². The Labute approximate surface area is 334 Å². The van der Waals surface area contributed by atoms with Gasteiger partial charge >= 0.3 is 0 Å². The van der Waals surface area contributed by atoms with Gasteiger partial charge in [-0.15, -0.1) is 0 Å². The van der Waals surface area contributed by atoms with Crippen LogP contribution in [0.5, 0.6) is 0 Å². The lowest BCUT2D eigenvalue weighted by molar-refractivity contribution is 0.591. The normalized spacial score (nSPS) is 27.9. The Morgan fingerprint density at radius 2 is 0.911 bits per heavy atom. The van der Waals surface area contributed by atoms with Crippen LogP contribution in [0, 0.1) is 0 Å². The van der Waals surface area contributed by atoms with Crippen molar-refractivity contribution >= 4 is 129 Å². The van der Waals surface area contributed by atoms with Gasteiger partial charge in [-0.05, 0) is 69.6 Å². The summed E-state index contributed by atoms with van der Waals surface area (Å²) in [5, 5.41) is 19.0. The third-order valence-electron chi connectivity index (χ3n) is 17.2. The first-order chi connectivity index (χ1) is 26.4. The molecule has 0 N–H and O–H groups in total. The van der Waals surface area contributed by atoms with Gasteiger partial charge in [-0.3, -0.25) is 4.98 Å². The standard InChI is InChI=1S/C49H55N3Si4/c1-48(2,3)28-21-32-30-26-38-31(25-37(30)51-36-11-12-40-45(41(36)34(23-28)43(32)51)54(8)15-13-53(40,7)14-16-54)33-22-29(49(4,5)6)24-35-42-39(52(38)44(33)35)27-50-47-46(42)55(9)17-19-56(47,10)20-18-55/h11-12,21-27H,13-20H2,1-10H3. The summed E-state index contributed by atoms with van der Waals surface area (Å²) < 4.78 is 5.41. The second kappa shape index (κ2) is 9.68. The van der Waals surface area contributed by atoms with Crippen molar-refractivity contribution in [1.82, 2.24) is 13.8 Å². The van der Waals surface area contributed by atoms with Crippen LogP contribution in [0.1, 0.15) is 52.7 Å². The van der Waals surface area contributed by atoms with E-state index in [9.17, 15) is 0 Å². The van der Waals surface area contributed by atoms with Gasteiger partial charge in [0.15, 0.2) is 0 Å². The van der Waals surface area contributed by atoms with E-state index in [4.69, 9.17) is 4.98 Å². The van der Waals surface area contributed by atoms with Crippen LogP contribution in [0.3, 0.4) is 0 Å². The fourth-order valence-corrected chi connectivity index (χ4v) is 43.1. The van der Waals surface area contributed by atoms with Gasteiger partial charge < -0.3 is 8.80 Å². The van der Waals surface area contributed by atoms with Crippen molar-refractivity contribution < 1.29 is 0 Å². The first-order valence-electron chi connectivity index (χ1n) is 21.8. The molecule has 0 aliphatic carbocycles. The number of hydrogen-bond donors (Lipinski definition) is 0. The van der Waals surface area contributed by atoms with Gasteiger partial charge in [-0.2, -0.15) is 0 Å². The van der Waals surface area contributed by atoms with E-state index in [2.05, 4.69) is 131 Å². The molecular formula is C49H55N3Si4. The Balaban J connectivity index is 1.23. The van der Waals surface area contributed by atoms with E-state index >= 15 is 0 Å². The second-order valence-electron chi connectivity index (χ2n) is 22.8. The predicted octanol–water partition coefficient (Wildman–Crippen LogP) is 11.2. The highest BCUT2D eigenvalue weighted by Gasteiger charge is 2.53. The lowest BCUT2D eigenvalue weighted by Crippen LogP contribution is -2.71. The largest absolute Gasteiger partial charge is 0.308 e. The van der Waals surface area contributed by atoms with E-state index in [0.717, 1.165) is 0 Å². The lowest BCUT2D eigenvalue weighted by Gasteiger charge is -2.50. The summed E-state index contributed by atoms with van der Waals surface area (Å²) >= 11 is 0. The van der Waals surface area contributed by atoms with Crippen LogP contribution in [0.25, 0.3) is 76.2 Å². The molecule has 9 aromatic rings. The molecule has 7 heteroatoms. The number of fused-ring (bicyclic) bond motifs is 16. The fraction of sp³-hybridized carbons (Fsp3) is 0.408. The molecular weight excluding hydrogens is 743 g/mol. The molecule has 4 bridgehead atoms. The van der Waals surface area contributed by atoms with Crippen molar-refractivity contribution in [2.75, 3.05) is 0 Å². The number of nitrogens with zero attached hydrogens (tertiary/aromatic N) is 3. The van der Waals surface area contributed by atoms with Gasteiger partial charge in [0.05, 0.1) is 63.5 Å². The van der Waals surface area contributed by atoms with Crippen LogP contribution < -0.4 is 20.9 Å². The lowest BCUT2D eigenvalue weighted by atomic mass is 9.85. The van der Waals surface area contributed by atoms with Crippen LogP contribution in [0.15, 0.2) is 54.7 Å². The van der Waals surface area contributed by atoms with Crippen LogP contribution in [0.2, 0.25) is 74.5 Å². The molecule has 2 saturated heterocycles. The monoisotopic (exact) mass is 797 g/mol. The zero-order valence-electron chi connectivity index (χ0n) is 35.2. The van der Waals surface area contributed by atoms with E-state index in [-0.39, 0.29) is 10.8 Å². The van der Waals surface area contributed by atoms with E-state index in [1.807, 2.05) is 10.4 Å². The minimum absolute atomic E-state index is 0.0492. The molecule has 2 fully saturated rings. The summed E-state index contributed by atoms with van der Waals surface area (Å²) in [6.07, 6.45) is 2.33. The van der Waals surface area contributed by atoms with E-state index in [1.165, 1.54) is 125 Å². The smallest absolute Gasteiger partial charge is 0.107 e. The number of hydrogen-bond acceptors (Lipinski definition) is 1. The van der Waals surface area contributed by atoms with E-state index in [0.29, 0.717) is 0 Å². The zero-order chi connectivity index (χ0) is 38.4. The summed E-state index contributed by atoms with van der Waals surface area (Å²) in [5.41, 5.74) is 11.5. The summed E-state index contributed by atoms with van der Waals surface area (Å²) in [5.74, 6) is 0. The predicted molar refractivity (Wildman–Crippen MR) is 254 cm³/mol. The molecule has 0 amide bonds. The summed E-state index contributed by atoms with van der Waals surface area (Å²) in [6.45, 7) is 25.3. The molecule has 11 heterocycles.